The average molecular weight is 128 g/mol. The van der Waals surface area contributed by atoms with Gasteiger partial charge in [0.25, 0.3) is 0 Å². The Balaban J connectivity index is 2.78. The number of rotatable bonds is 1. The summed E-state index contributed by atoms with van der Waals surface area (Å²) in [5.41, 5.74) is -1.35. The molecule has 1 N–H and O–H groups in total. The second-order valence-electron chi connectivity index (χ2n) is 1.99. The molecule has 0 aliphatic carbocycles. The molecule has 9 heavy (non-hydrogen) atoms. The van der Waals surface area contributed by atoms with Gasteiger partial charge in [0, 0.05) is 0 Å². The summed E-state index contributed by atoms with van der Waals surface area (Å²) in [6, 6.07) is 0. The Morgan fingerprint density at radius 2 is 2.56 bits per heavy atom. The van der Waals surface area contributed by atoms with Crippen LogP contribution in [0.2, 0.25) is 0 Å². The van der Waals surface area contributed by atoms with E-state index in [1.165, 1.54) is 12.3 Å². The van der Waals surface area contributed by atoms with E-state index < -0.39 is 11.6 Å². The third-order valence-electron chi connectivity index (χ3n) is 1.41. The summed E-state index contributed by atoms with van der Waals surface area (Å²) in [5, 5.41) is 9.21. The van der Waals surface area contributed by atoms with Crippen molar-refractivity contribution in [2.24, 2.45) is 0 Å². The zero-order valence-corrected chi connectivity index (χ0v) is 5.13. The summed E-state index contributed by atoms with van der Waals surface area (Å²) in [4.78, 5) is 10.6. The minimum Gasteiger partial charge on any atom is -0.432 e. The second-order valence-corrected chi connectivity index (χ2v) is 1.99. The summed E-state index contributed by atoms with van der Waals surface area (Å²) in [5.74, 6) is -0.579. The molecule has 50 valence electrons. The summed E-state index contributed by atoms with van der Waals surface area (Å²) in [6.07, 6.45) is 2.93. The fourth-order valence-corrected chi connectivity index (χ4v) is 0.641. The predicted molar refractivity (Wildman–Crippen MR) is 30.5 cm³/mol. The molecule has 1 rings (SSSR count). The molecule has 1 aliphatic rings. The van der Waals surface area contributed by atoms with Crippen molar-refractivity contribution in [2.45, 2.75) is 18.9 Å². The Labute approximate surface area is 52.9 Å². The maximum Gasteiger partial charge on any atom is 0.347 e. The Kier molecular flexibility index (Phi) is 1.29. The topological polar surface area (TPSA) is 46.5 Å². The van der Waals surface area contributed by atoms with Crippen molar-refractivity contribution in [3.8, 4) is 0 Å². The average Bonchev–Trinajstić information content (AvgIpc) is 2.15. The molecule has 3 nitrogen and oxygen atoms in total. The monoisotopic (exact) mass is 128 g/mol. The molecule has 0 spiro atoms. The van der Waals surface area contributed by atoms with Crippen LogP contribution in [0.5, 0.6) is 0 Å². The predicted octanol–water partition coefficient (Wildman–Crippen LogP) is 0.198. The molecule has 0 unspecified atom stereocenters. The highest BCUT2D eigenvalue weighted by Gasteiger charge is 2.36. The van der Waals surface area contributed by atoms with Gasteiger partial charge in [-0.05, 0) is 12.5 Å². The first-order valence-corrected chi connectivity index (χ1v) is 2.80. The van der Waals surface area contributed by atoms with Gasteiger partial charge in [0.05, 0.1) is 6.26 Å². The number of esters is 1. The van der Waals surface area contributed by atoms with Crippen molar-refractivity contribution >= 4 is 5.97 Å². The molecule has 0 amide bonds. The van der Waals surface area contributed by atoms with Crippen LogP contribution in [-0.4, -0.2) is 16.7 Å². The van der Waals surface area contributed by atoms with Crippen molar-refractivity contribution in [1.29, 1.82) is 0 Å². The maximum absolute atomic E-state index is 10.6. The third-order valence-corrected chi connectivity index (χ3v) is 1.41. The Morgan fingerprint density at radius 1 is 1.89 bits per heavy atom. The van der Waals surface area contributed by atoms with Gasteiger partial charge in [-0.25, -0.2) is 4.79 Å². The minimum atomic E-state index is -1.35. The molecule has 1 heterocycles. The summed E-state index contributed by atoms with van der Waals surface area (Å²) >= 11 is 0. The smallest absolute Gasteiger partial charge is 0.347 e. The molecule has 0 aromatic rings. The van der Waals surface area contributed by atoms with E-state index in [2.05, 4.69) is 4.74 Å². The Morgan fingerprint density at radius 3 is 2.78 bits per heavy atom. The van der Waals surface area contributed by atoms with Gasteiger partial charge < -0.3 is 9.84 Å². The van der Waals surface area contributed by atoms with E-state index in [9.17, 15) is 9.90 Å². The van der Waals surface area contributed by atoms with Gasteiger partial charge in [0.1, 0.15) is 0 Å². The van der Waals surface area contributed by atoms with E-state index >= 15 is 0 Å². The SMILES string of the molecule is CC[C@@]1(O)C=COC1=O. The molecule has 0 bridgehead atoms. The number of aliphatic hydroxyl groups is 1. The largest absolute Gasteiger partial charge is 0.432 e. The third kappa shape index (κ3) is 0.833. The zero-order chi connectivity index (χ0) is 6.91. The molecule has 1 atom stereocenters. The second kappa shape index (κ2) is 1.84. The summed E-state index contributed by atoms with van der Waals surface area (Å²) in [6.45, 7) is 1.72. The highest BCUT2D eigenvalue weighted by Crippen LogP contribution is 2.19. The van der Waals surface area contributed by atoms with Crippen LogP contribution in [0.3, 0.4) is 0 Å². The normalized spacial score (nSPS) is 32.9. The lowest BCUT2D eigenvalue weighted by molar-refractivity contribution is -0.150. The van der Waals surface area contributed by atoms with Crippen LogP contribution in [0, 0.1) is 0 Å². The number of cyclic esters (lactones) is 1. The molecule has 0 saturated heterocycles. The number of carbonyl (C=O) groups excluding carboxylic acids is 1. The van der Waals surface area contributed by atoms with Gasteiger partial charge in [-0.2, -0.15) is 0 Å². The lowest BCUT2D eigenvalue weighted by Crippen LogP contribution is -2.32. The fourth-order valence-electron chi connectivity index (χ4n) is 0.641. The maximum atomic E-state index is 10.6. The summed E-state index contributed by atoms with van der Waals surface area (Å²) in [7, 11) is 0. The quantitative estimate of drug-likeness (QED) is 0.513. The van der Waals surface area contributed by atoms with E-state index in [1.807, 2.05) is 0 Å². The van der Waals surface area contributed by atoms with Crippen LogP contribution >= 0.6 is 0 Å². The lowest BCUT2D eigenvalue weighted by atomic mass is 10.0. The van der Waals surface area contributed by atoms with Gasteiger partial charge >= 0.3 is 5.97 Å². The van der Waals surface area contributed by atoms with E-state index in [0.29, 0.717) is 6.42 Å². The van der Waals surface area contributed by atoms with Gasteiger partial charge in [0.2, 0.25) is 0 Å². The molecule has 0 radical (unpaired) electrons. The van der Waals surface area contributed by atoms with Crippen molar-refractivity contribution in [2.75, 3.05) is 0 Å². The van der Waals surface area contributed by atoms with Crippen LogP contribution in [0.4, 0.5) is 0 Å². The molecule has 0 fully saturated rings. The summed E-state index contributed by atoms with van der Waals surface area (Å²) < 4.78 is 4.39. The minimum absolute atomic E-state index is 0.363. The number of hydrogen-bond donors (Lipinski definition) is 1. The van der Waals surface area contributed by atoms with E-state index in [4.69, 9.17) is 0 Å². The van der Waals surface area contributed by atoms with E-state index in [0.717, 1.165) is 0 Å². The Hall–Kier alpha value is -0.830. The van der Waals surface area contributed by atoms with Gasteiger partial charge in [-0.1, -0.05) is 6.92 Å². The van der Waals surface area contributed by atoms with Crippen molar-refractivity contribution in [1.82, 2.24) is 0 Å². The van der Waals surface area contributed by atoms with Crippen molar-refractivity contribution in [3.63, 3.8) is 0 Å². The highest BCUT2D eigenvalue weighted by atomic mass is 16.6. The van der Waals surface area contributed by atoms with Crippen LogP contribution in [-0.2, 0) is 9.53 Å². The molecular formula is C6H8O3. The van der Waals surface area contributed by atoms with Crippen LogP contribution < -0.4 is 0 Å². The first kappa shape index (κ1) is 6.29. The molecule has 0 aromatic carbocycles. The van der Waals surface area contributed by atoms with Crippen LogP contribution in [0.25, 0.3) is 0 Å². The fraction of sp³-hybridized carbons (Fsp3) is 0.500. The molecule has 3 heteroatoms. The lowest BCUT2D eigenvalue weighted by Gasteiger charge is -2.11. The van der Waals surface area contributed by atoms with Crippen LogP contribution in [0.1, 0.15) is 13.3 Å². The van der Waals surface area contributed by atoms with Gasteiger partial charge in [-0.15, -0.1) is 0 Å². The number of carbonyl (C=O) groups is 1. The number of hydrogen-bond acceptors (Lipinski definition) is 3. The molecular weight excluding hydrogens is 120 g/mol. The van der Waals surface area contributed by atoms with Crippen molar-refractivity contribution in [3.05, 3.63) is 12.3 Å². The standard InChI is InChI=1S/C6H8O3/c1-2-6(8)3-4-9-5(6)7/h3-4,8H,2H2,1H3/t6-/m1/s1. The first-order chi connectivity index (χ1) is 4.19. The first-order valence-electron chi connectivity index (χ1n) is 2.80. The molecule has 0 aromatic heterocycles. The highest BCUT2D eigenvalue weighted by molar-refractivity contribution is 5.84. The van der Waals surface area contributed by atoms with E-state index in [1.54, 1.807) is 6.92 Å². The van der Waals surface area contributed by atoms with Crippen molar-refractivity contribution < 1.29 is 14.6 Å². The van der Waals surface area contributed by atoms with Gasteiger partial charge in [-0.3, -0.25) is 0 Å². The Bertz CT molecular complexity index is 162. The molecule has 1 aliphatic heterocycles. The van der Waals surface area contributed by atoms with Crippen LogP contribution in [0.15, 0.2) is 12.3 Å². The van der Waals surface area contributed by atoms with E-state index in [-0.39, 0.29) is 0 Å². The molecule has 0 saturated carbocycles. The van der Waals surface area contributed by atoms with Gasteiger partial charge in [0.15, 0.2) is 5.60 Å². The number of ether oxygens (including phenoxy) is 1. The zero-order valence-electron chi connectivity index (χ0n) is 5.13.